The molecule has 0 saturated heterocycles. The van der Waals surface area contributed by atoms with Gasteiger partial charge < -0.3 is 5.32 Å². The van der Waals surface area contributed by atoms with E-state index in [2.05, 4.69) is 44.8 Å². The number of thiophene rings is 1. The monoisotopic (exact) mass is 283 g/mol. The first kappa shape index (κ1) is 11.1. The molecule has 1 N–H and O–H groups in total. The van der Waals surface area contributed by atoms with Gasteiger partial charge in [0.05, 0.1) is 0 Å². The Kier molecular flexibility index (Phi) is 3.78. The second kappa shape index (κ2) is 5.10. The first-order valence-electron chi connectivity index (χ1n) is 5.12. The lowest BCUT2D eigenvalue weighted by Gasteiger charge is -2.01. The summed E-state index contributed by atoms with van der Waals surface area (Å²) in [6.07, 6.45) is 2.35. The molecule has 0 fully saturated rings. The number of benzene rings is 1. The summed E-state index contributed by atoms with van der Waals surface area (Å²) in [5, 5.41) is 6.87. The second-order valence-corrected chi connectivity index (χ2v) is 5.35. The highest BCUT2D eigenvalue weighted by Crippen LogP contribution is 2.32. The molecule has 0 aliphatic heterocycles. The van der Waals surface area contributed by atoms with E-state index >= 15 is 0 Å². The van der Waals surface area contributed by atoms with E-state index in [9.17, 15) is 0 Å². The van der Waals surface area contributed by atoms with E-state index in [0.717, 1.165) is 13.0 Å². The fourth-order valence-electron chi connectivity index (χ4n) is 1.75. The van der Waals surface area contributed by atoms with Crippen molar-refractivity contribution in [3.8, 4) is 0 Å². The molecule has 0 atom stereocenters. The van der Waals surface area contributed by atoms with Gasteiger partial charge in [0.2, 0.25) is 0 Å². The number of rotatable bonds is 4. The van der Waals surface area contributed by atoms with Gasteiger partial charge in [-0.1, -0.05) is 22.0 Å². The quantitative estimate of drug-likeness (QED) is 0.842. The van der Waals surface area contributed by atoms with Crippen molar-refractivity contribution in [2.45, 2.75) is 12.8 Å². The molecule has 1 aromatic carbocycles. The van der Waals surface area contributed by atoms with Crippen LogP contribution < -0.4 is 5.32 Å². The van der Waals surface area contributed by atoms with E-state index in [-0.39, 0.29) is 0 Å². The predicted molar refractivity (Wildman–Crippen MR) is 71.8 cm³/mol. The smallest absolute Gasteiger partial charge is 0.0356 e. The summed E-state index contributed by atoms with van der Waals surface area (Å²) in [4.78, 5) is 0. The lowest BCUT2D eigenvalue weighted by Crippen LogP contribution is -2.08. The summed E-state index contributed by atoms with van der Waals surface area (Å²) in [5.74, 6) is 0. The highest BCUT2D eigenvalue weighted by molar-refractivity contribution is 9.10. The van der Waals surface area contributed by atoms with Crippen LogP contribution in [0.1, 0.15) is 12.0 Å². The maximum Gasteiger partial charge on any atom is 0.0356 e. The first-order valence-corrected chi connectivity index (χ1v) is 6.79. The molecular weight excluding hydrogens is 270 g/mol. The van der Waals surface area contributed by atoms with E-state index in [0.29, 0.717) is 0 Å². The molecule has 0 aliphatic carbocycles. The number of halogens is 1. The summed E-state index contributed by atoms with van der Waals surface area (Å²) in [5.41, 5.74) is 1.47. The van der Waals surface area contributed by atoms with Gasteiger partial charge in [-0.15, -0.1) is 11.3 Å². The average Bonchev–Trinajstić information content (AvgIpc) is 2.63. The van der Waals surface area contributed by atoms with Crippen molar-refractivity contribution in [3.05, 3.63) is 33.6 Å². The van der Waals surface area contributed by atoms with Gasteiger partial charge in [0.15, 0.2) is 0 Å². The SMILES string of the molecule is CNCCCc1csc2cccc(Br)c12. The van der Waals surface area contributed by atoms with Crippen LogP contribution in [-0.2, 0) is 6.42 Å². The lowest BCUT2D eigenvalue weighted by atomic mass is 10.1. The predicted octanol–water partition coefficient (Wildman–Crippen LogP) is 3.82. The Morgan fingerprint density at radius 1 is 1.40 bits per heavy atom. The molecular formula is C12H14BrNS. The zero-order valence-corrected chi connectivity index (χ0v) is 11.1. The molecule has 0 radical (unpaired) electrons. The first-order chi connectivity index (χ1) is 7.33. The molecule has 0 spiro atoms. The Labute approximate surface area is 103 Å². The van der Waals surface area contributed by atoms with E-state index in [1.165, 1.54) is 26.5 Å². The summed E-state index contributed by atoms with van der Waals surface area (Å²) < 4.78 is 2.60. The minimum absolute atomic E-state index is 1.09. The van der Waals surface area contributed by atoms with Crippen LogP contribution in [0.4, 0.5) is 0 Å². The van der Waals surface area contributed by atoms with Crippen LogP contribution in [0.25, 0.3) is 10.1 Å². The highest BCUT2D eigenvalue weighted by Gasteiger charge is 2.06. The molecule has 1 heterocycles. The second-order valence-electron chi connectivity index (χ2n) is 3.58. The largest absolute Gasteiger partial charge is 0.320 e. The zero-order chi connectivity index (χ0) is 10.7. The molecule has 0 amide bonds. The lowest BCUT2D eigenvalue weighted by molar-refractivity contribution is 0.727. The molecule has 0 unspecified atom stereocenters. The Morgan fingerprint density at radius 2 is 2.27 bits per heavy atom. The standard InChI is InChI=1S/C12H14BrNS/c1-14-7-3-4-9-8-15-11-6-2-5-10(13)12(9)11/h2,5-6,8,14H,3-4,7H2,1H3. The van der Waals surface area contributed by atoms with Crippen molar-refractivity contribution in [2.75, 3.05) is 13.6 Å². The fraction of sp³-hybridized carbons (Fsp3) is 0.333. The van der Waals surface area contributed by atoms with Gasteiger partial charge in [-0.25, -0.2) is 0 Å². The number of hydrogen-bond acceptors (Lipinski definition) is 2. The molecule has 1 aromatic heterocycles. The molecule has 15 heavy (non-hydrogen) atoms. The van der Waals surface area contributed by atoms with Gasteiger partial charge in [-0.3, -0.25) is 0 Å². The number of hydrogen-bond donors (Lipinski definition) is 1. The van der Waals surface area contributed by atoms with Crippen molar-refractivity contribution < 1.29 is 0 Å². The Bertz CT molecular complexity index is 450. The third-order valence-electron chi connectivity index (χ3n) is 2.50. The fourth-order valence-corrected chi connectivity index (χ4v) is 3.52. The molecule has 0 bridgehead atoms. The minimum atomic E-state index is 1.09. The zero-order valence-electron chi connectivity index (χ0n) is 8.72. The normalized spacial score (nSPS) is 11.1. The number of aryl methyl sites for hydroxylation is 1. The molecule has 0 saturated carbocycles. The van der Waals surface area contributed by atoms with E-state index in [1.54, 1.807) is 0 Å². The van der Waals surface area contributed by atoms with Gasteiger partial charge in [-0.2, -0.15) is 0 Å². The van der Waals surface area contributed by atoms with Crippen LogP contribution in [0.2, 0.25) is 0 Å². The maximum atomic E-state index is 3.63. The molecule has 2 aromatic rings. The van der Waals surface area contributed by atoms with Crippen molar-refractivity contribution in [1.29, 1.82) is 0 Å². The van der Waals surface area contributed by atoms with Crippen molar-refractivity contribution in [2.24, 2.45) is 0 Å². The topological polar surface area (TPSA) is 12.0 Å². The van der Waals surface area contributed by atoms with Crippen molar-refractivity contribution in [1.82, 2.24) is 5.32 Å². The van der Waals surface area contributed by atoms with Crippen LogP contribution in [-0.4, -0.2) is 13.6 Å². The van der Waals surface area contributed by atoms with Crippen LogP contribution in [0.3, 0.4) is 0 Å². The Morgan fingerprint density at radius 3 is 3.07 bits per heavy atom. The van der Waals surface area contributed by atoms with Crippen molar-refractivity contribution in [3.63, 3.8) is 0 Å². The molecule has 0 aliphatic rings. The van der Waals surface area contributed by atoms with Crippen LogP contribution in [0.15, 0.2) is 28.1 Å². The highest BCUT2D eigenvalue weighted by atomic mass is 79.9. The Hall–Kier alpha value is -0.380. The molecule has 3 heteroatoms. The van der Waals surface area contributed by atoms with Gasteiger partial charge in [0, 0.05) is 14.6 Å². The van der Waals surface area contributed by atoms with Gasteiger partial charge in [-0.05, 0) is 49.5 Å². The summed E-state index contributed by atoms with van der Waals surface area (Å²) >= 11 is 5.46. The van der Waals surface area contributed by atoms with E-state index in [1.807, 2.05) is 18.4 Å². The van der Waals surface area contributed by atoms with Gasteiger partial charge in [0.1, 0.15) is 0 Å². The van der Waals surface area contributed by atoms with Gasteiger partial charge >= 0.3 is 0 Å². The minimum Gasteiger partial charge on any atom is -0.320 e. The third-order valence-corrected chi connectivity index (χ3v) is 4.15. The van der Waals surface area contributed by atoms with Crippen molar-refractivity contribution >= 4 is 37.4 Å². The number of fused-ring (bicyclic) bond motifs is 1. The third kappa shape index (κ3) is 2.41. The molecule has 1 nitrogen and oxygen atoms in total. The summed E-state index contributed by atoms with van der Waals surface area (Å²) in [6, 6.07) is 6.41. The molecule has 80 valence electrons. The average molecular weight is 284 g/mol. The number of nitrogens with one attached hydrogen (secondary N) is 1. The van der Waals surface area contributed by atoms with Crippen LogP contribution in [0.5, 0.6) is 0 Å². The summed E-state index contributed by atoms with van der Waals surface area (Å²) in [6.45, 7) is 1.09. The van der Waals surface area contributed by atoms with Crippen LogP contribution in [0, 0.1) is 0 Å². The van der Waals surface area contributed by atoms with Gasteiger partial charge in [0.25, 0.3) is 0 Å². The van der Waals surface area contributed by atoms with E-state index < -0.39 is 0 Å². The molecule has 2 rings (SSSR count). The summed E-state index contributed by atoms with van der Waals surface area (Å²) in [7, 11) is 2.00. The van der Waals surface area contributed by atoms with Crippen LogP contribution >= 0.6 is 27.3 Å². The van der Waals surface area contributed by atoms with E-state index in [4.69, 9.17) is 0 Å². The Balaban J connectivity index is 2.27. The maximum absolute atomic E-state index is 3.63.